The monoisotopic (exact) mass is 351 g/mol. The molecule has 0 unspecified atom stereocenters. The van der Waals surface area contributed by atoms with Gasteiger partial charge in [0.25, 0.3) is 5.91 Å². The van der Waals surface area contributed by atoms with Crippen molar-refractivity contribution in [1.82, 2.24) is 15.3 Å². The van der Waals surface area contributed by atoms with E-state index in [1.807, 2.05) is 6.07 Å². The van der Waals surface area contributed by atoms with Crippen LogP contribution in [0.25, 0.3) is 0 Å². The molecule has 0 bridgehead atoms. The number of nitrogens with zero attached hydrogens (tertiary/aromatic N) is 4. The van der Waals surface area contributed by atoms with Crippen molar-refractivity contribution in [1.29, 1.82) is 0 Å². The minimum absolute atomic E-state index is 0.0924. The maximum Gasteiger partial charge on any atom is 0.270 e. The standard InChI is InChI=1S/C20H25N5O/c1-14-4-3-5-18(15(14)2)24-8-10-25(11-9-24)19-12-17(21-13-22-19)20(26)23-16-6-7-16/h3-5,12-13,16H,6-11H2,1-2H3,(H,23,26). The van der Waals surface area contributed by atoms with E-state index in [4.69, 9.17) is 0 Å². The molecule has 2 heterocycles. The number of piperazine rings is 1. The summed E-state index contributed by atoms with van der Waals surface area (Å²) in [5.74, 6) is 0.742. The number of hydrogen-bond acceptors (Lipinski definition) is 5. The number of carbonyl (C=O) groups excluding carboxylic acids is 1. The maximum absolute atomic E-state index is 12.2. The van der Waals surface area contributed by atoms with E-state index in [0.717, 1.165) is 44.8 Å². The quantitative estimate of drug-likeness (QED) is 0.916. The first-order valence-electron chi connectivity index (χ1n) is 9.31. The summed E-state index contributed by atoms with van der Waals surface area (Å²) in [4.78, 5) is 25.4. The Morgan fingerprint density at radius 1 is 1.08 bits per heavy atom. The van der Waals surface area contributed by atoms with Gasteiger partial charge in [-0.05, 0) is 43.9 Å². The number of benzene rings is 1. The summed E-state index contributed by atoms with van der Waals surface area (Å²) >= 11 is 0. The van der Waals surface area contributed by atoms with Crippen molar-refractivity contribution in [3.8, 4) is 0 Å². The summed E-state index contributed by atoms with van der Waals surface area (Å²) < 4.78 is 0. The molecule has 6 heteroatoms. The summed E-state index contributed by atoms with van der Waals surface area (Å²) in [5.41, 5.74) is 4.45. The predicted octanol–water partition coefficient (Wildman–Crippen LogP) is 2.31. The maximum atomic E-state index is 12.2. The van der Waals surface area contributed by atoms with Crippen LogP contribution in [-0.4, -0.2) is 48.1 Å². The van der Waals surface area contributed by atoms with E-state index < -0.39 is 0 Å². The van der Waals surface area contributed by atoms with Crippen LogP contribution < -0.4 is 15.1 Å². The normalized spacial score (nSPS) is 17.3. The Morgan fingerprint density at radius 3 is 2.54 bits per heavy atom. The molecular formula is C20H25N5O. The smallest absolute Gasteiger partial charge is 0.270 e. The highest BCUT2D eigenvalue weighted by Crippen LogP contribution is 2.25. The second-order valence-corrected chi connectivity index (χ2v) is 7.20. The van der Waals surface area contributed by atoms with Crippen molar-refractivity contribution in [3.05, 3.63) is 47.4 Å². The molecule has 1 saturated carbocycles. The fourth-order valence-corrected chi connectivity index (χ4v) is 3.39. The predicted molar refractivity (Wildman–Crippen MR) is 103 cm³/mol. The van der Waals surface area contributed by atoms with Crippen LogP contribution in [0.3, 0.4) is 0 Å². The Labute approximate surface area is 154 Å². The Hall–Kier alpha value is -2.63. The lowest BCUT2D eigenvalue weighted by molar-refractivity contribution is 0.0946. The lowest BCUT2D eigenvalue weighted by atomic mass is 10.1. The zero-order valence-electron chi connectivity index (χ0n) is 15.4. The van der Waals surface area contributed by atoms with Gasteiger partial charge in [0.15, 0.2) is 0 Å². The summed E-state index contributed by atoms with van der Waals surface area (Å²) in [5, 5.41) is 2.98. The number of nitrogens with one attached hydrogen (secondary N) is 1. The average Bonchev–Trinajstić information content (AvgIpc) is 3.48. The Balaban J connectivity index is 1.43. The second kappa shape index (κ2) is 6.94. The molecule has 0 spiro atoms. The van der Waals surface area contributed by atoms with Gasteiger partial charge in [0.05, 0.1) is 0 Å². The third-order valence-corrected chi connectivity index (χ3v) is 5.32. The fraction of sp³-hybridized carbons (Fsp3) is 0.450. The summed E-state index contributed by atoms with van der Waals surface area (Å²) in [6.07, 6.45) is 3.64. The summed E-state index contributed by atoms with van der Waals surface area (Å²) in [6.45, 7) is 7.99. The van der Waals surface area contributed by atoms with Gasteiger partial charge in [-0.25, -0.2) is 9.97 Å². The Kier molecular flexibility index (Phi) is 4.49. The SMILES string of the molecule is Cc1cccc(N2CCN(c3cc(C(=O)NC4CC4)ncn3)CC2)c1C. The van der Waals surface area contributed by atoms with Gasteiger partial charge in [-0.2, -0.15) is 0 Å². The van der Waals surface area contributed by atoms with Crippen molar-refractivity contribution >= 4 is 17.4 Å². The average molecular weight is 351 g/mol. The first-order valence-corrected chi connectivity index (χ1v) is 9.31. The highest BCUT2D eigenvalue weighted by Gasteiger charge is 2.25. The van der Waals surface area contributed by atoms with Crippen molar-refractivity contribution in [3.63, 3.8) is 0 Å². The number of amides is 1. The molecule has 4 rings (SSSR count). The van der Waals surface area contributed by atoms with E-state index in [1.54, 1.807) is 0 Å². The number of aromatic nitrogens is 2. The van der Waals surface area contributed by atoms with Gasteiger partial charge in [0.2, 0.25) is 0 Å². The Bertz CT molecular complexity index is 810. The van der Waals surface area contributed by atoms with Crippen LogP contribution in [0, 0.1) is 13.8 Å². The molecule has 2 aromatic rings. The van der Waals surface area contributed by atoms with Crippen molar-refractivity contribution in [2.75, 3.05) is 36.0 Å². The first kappa shape index (κ1) is 16.8. The lowest BCUT2D eigenvalue weighted by Crippen LogP contribution is -2.47. The van der Waals surface area contributed by atoms with E-state index in [2.05, 4.69) is 57.1 Å². The van der Waals surface area contributed by atoms with Gasteiger partial charge >= 0.3 is 0 Å². The molecule has 1 N–H and O–H groups in total. The number of aryl methyl sites for hydroxylation is 1. The minimum atomic E-state index is -0.0924. The molecule has 0 radical (unpaired) electrons. The van der Waals surface area contributed by atoms with E-state index in [1.165, 1.54) is 23.1 Å². The third-order valence-electron chi connectivity index (χ3n) is 5.32. The van der Waals surface area contributed by atoms with Crippen LogP contribution in [0.1, 0.15) is 34.5 Å². The van der Waals surface area contributed by atoms with E-state index >= 15 is 0 Å². The van der Waals surface area contributed by atoms with Crippen molar-refractivity contribution < 1.29 is 4.79 Å². The van der Waals surface area contributed by atoms with Crippen molar-refractivity contribution in [2.24, 2.45) is 0 Å². The number of hydrogen-bond donors (Lipinski definition) is 1. The van der Waals surface area contributed by atoms with Crippen LogP contribution >= 0.6 is 0 Å². The molecule has 2 aliphatic rings. The largest absolute Gasteiger partial charge is 0.368 e. The number of anilines is 2. The highest BCUT2D eigenvalue weighted by atomic mass is 16.2. The number of rotatable bonds is 4. The molecule has 1 amide bonds. The molecule has 1 aromatic heterocycles. The van der Waals surface area contributed by atoms with Gasteiger partial charge in [0.1, 0.15) is 17.8 Å². The molecule has 1 aromatic carbocycles. The summed E-state index contributed by atoms with van der Waals surface area (Å²) in [7, 11) is 0. The van der Waals surface area contributed by atoms with Crippen LogP contribution in [0.15, 0.2) is 30.6 Å². The highest BCUT2D eigenvalue weighted by molar-refractivity contribution is 5.93. The van der Waals surface area contributed by atoms with E-state index in [0.29, 0.717) is 11.7 Å². The molecule has 1 aliphatic carbocycles. The third kappa shape index (κ3) is 3.49. The zero-order chi connectivity index (χ0) is 18.1. The molecule has 136 valence electrons. The van der Waals surface area contributed by atoms with Gasteiger partial charge in [0, 0.05) is 44.0 Å². The molecule has 1 aliphatic heterocycles. The molecule has 0 atom stereocenters. The second-order valence-electron chi connectivity index (χ2n) is 7.20. The van der Waals surface area contributed by atoms with Gasteiger partial charge in [-0.3, -0.25) is 4.79 Å². The van der Waals surface area contributed by atoms with E-state index in [-0.39, 0.29) is 5.91 Å². The fourth-order valence-electron chi connectivity index (χ4n) is 3.39. The molecule has 2 fully saturated rings. The van der Waals surface area contributed by atoms with Crippen LogP contribution in [0.2, 0.25) is 0 Å². The molecule has 1 saturated heterocycles. The van der Waals surface area contributed by atoms with Crippen LogP contribution in [-0.2, 0) is 0 Å². The zero-order valence-corrected chi connectivity index (χ0v) is 15.4. The van der Waals surface area contributed by atoms with Gasteiger partial charge < -0.3 is 15.1 Å². The van der Waals surface area contributed by atoms with Gasteiger partial charge in [-0.15, -0.1) is 0 Å². The minimum Gasteiger partial charge on any atom is -0.368 e. The van der Waals surface area contributed by atoms with Crippen molar-refractivity contribution in [2.45, 2.75) is 32.7 Å². The number of carbonyl (C=O) groups is 1. The van der Waals surface area contributed by atoms with Crippen LogP contribution in [0.5, 0.6) is 0 Å². The molecule has 6 nitrogen and oxygen atoms in total. The van der Waals surface area contributed by atoms with E-state index in [9.17, 15) is 4.79 Å². The summed E-state index contributed by atoms with van der Waals surface area (Å²) in [6, 6.07) is 8.62. The lowest BCUT2D eigenvalue weighted by Gasteiger charge is -2.37. The first-order chi connectivity index (χ1) is 12.6. The Morgan fingerprint density at radius 2 is 1.81 bits per heavy atom. The molecular weight excluding hydrogens is 326 g/mol. The van der Waals surface area contributed by atoms with Gasteiger partial charge in [-0.1, -0.05) is 12.1 Å². The molecule has 26 heavy (non-hydrogen) atoms. The topological polar surface area (TPSA) is 61.4 Å². The van der Waals surface area contributed by atoms with Crippen LogP contribution in [0.4, 0.5) is 11.5 Å².